The Labute approximate surface area is 208 Å². The Balaban J connectivity index is 1.16. The average Bonchev–Trinajstić information content (AvgIpc) is 3.30. The van der Waals surface area contributed by atoms with Gasteiger partial charge in [0.05, 0.1) is 10.6 Å². The fourth-order valence-corrected chi connectivity index (χ4v) is 4.42. The predicted molar refractivity (Wildman–Crippen MR) is 135 cm³/mol. The van der Waals surface area contributed by atoms with Crippen LogP contribution in [0.25, 0.3) is 5.65 Å². The number of imidazole rings is 1. The van der Waals surface area contributed by atoms with Gasteiger partial charge in [0.2, 0.25) is 0 Å². The third-order valence-electron chi connectivity index (χ3n) is 6.30. The molecular weight excluding hydrogens is 458 g/mol. The van der Waals surface area contributed by atoms with Gasteiger partial charge in [0.25, 0.3) is 11.6 Å². The number of pyridine rings is 1. The standard InChI is InChI=1S/C27H27N5O4/c1-20-8-9-26-28-23(18-31(26)16-20)19-36-25-7-3-5-22(15-25)27(33)30-12-10-29(11-13-30)17-21-4-2-6-24(14-21)32(34)35/h2-9,14-16,18H,10-13,17,19H2,1H3. The highest BCUT2D eigenvalue weighted by Gasteiger charge is 2.23. The Kier molecular flexibility index (Phi) is 6.64. The van der Waals surface area contributed by atoms with E-state index in [4.69, 9.17) is 4.74 Å². The van der Waals surface area contributed by atoms with E-state index < -0.39 is 0 Å². The molecular formula is C27H27N5O4. The molecule has 0 atom stereocenters. The van der Waals surface area contributed by atoms with Crippen LogP contribution in [-0.4, -0.2) is 56.2 Å². The lowest BCUT2D eigenvalue weighted by Gasteiger charge is -2.34. The second-order valence-electron chi connectivity index (χ2n) is 9.02. The molecule has 5 rings (SSSR count). The van der Waals surface area contributed by atoms with Gasteiger partial charge in [-0.15, -0.1) is 0 Å². The number of amides is 1. The van der Waals surface area contributed by atoms with Crippen LogP contribution in [0.5, 0.6) is 5.75 Å². The van der Waals surface area contributed by atoms with Crippen molar-refractivity contribution in [3.05, 3.63) is 106 Å². The Morgan fingerprint density at radius 3 is 2.64 bits per heavy atom. The highest BCUT2D eigenvalue weighted by molar-refractivity contribution is 5.94. The summed E-state index contributed by atoms with van der Waals surface area (Å²) in [6.45, 7) is 5.58. The average molecular weight is 486 g/mol. The van der Waals surface area contributed by atoms with Crippen molar-refractivity contribution in [3.63, 3.8) is 0 Å². The van der Waals surface area contributed by atoms with Crippen LogP contribution < -0.4 is 4.74 Å². The molecule has 184 valence electrons. The van der Waals surface area contributed by atoms with Crippen LogP contribution in [0.15, 0.2) is 73.1 Å². The minimum atomic E-state index is -0.379. The number of piperazine rings is 1. The minimum absolute atomic E-state index is 0.0290. The van der Waals surface area contributed by atoms with E-state index in [9.17, 15) is 14.9 Å². The number of rotatable bonds is 7. The number of nitrogens with zero attached hydrogens (tertiary/aromatic N) is 5. The first kappa shape index (κ1) is 23.5. The Bertz CT molecular complexity index is 1410. The van der Waals surface area contributed by atoms with Crippen molar-refractivity contribution in [2.45, 2.75) is 20.1 Å². The Morgan fingerprint density at radius 2 is 1.83 bits per heavy atom. The maximum absolute atomic E-state index is 13.1. The van der Waals surface area contributed by atoms with Crippen molar-refractivity contribution in [2.75, 3.05) is 26.2 Å². The molecule has 0 saturated carbocycles. The van der Waals surface area contributed by atoms with Crippen molar-refractivity contribution in [1.29, 1.82) is 0 Å². The number of carbonyl (C=O) groups excluding carboxylic acids is 1. The number of nitro groups is 1. The maximum Gasteiger partial charge on any atom is 0.269 e. The SMILES string of the molecule is Cc1ccc2nc(COc3cccc(C(=O)N4CCN(Cc5cccc([N+](=O)[O-])c5)CC4)c3)cn2c1. The molecule has 1 fully saturated rings. The van der Waals surface area contributed by atoms with Crippen molar-refractivity contribution < 1.29 is 14.5 Å². The number of fused-ring (bicyclic) bond motifs is 1. The molecule has 9 nitrogen and oxygen atoms in total. The smallest absolute Gasteiger partial charge is 0.269 e. The molecule has 1 amide bonds. The molecule has 0 unspecified atom stereocenters. The summed E-state index contributed by atoms with van der Waals surface area (Å²) in [4.78, 5) is 32.4. The van der Waals surface area contributed by atoms with Gasteiger partial charge in [0, 0.05) is 62.8 Å². The van der Waals surface area contributed by atoms with Crippen molar-refractivity contribution >= 4 is 17.2 Å². The largest absolute Gasteiger partial charge is 0.487 e. The number of nitro benzene ring substituents is 1. The quantitative estimate of drug-likeness (QED) is 0.289. The first-order valence-corrected chi connectivity index (χ1v) is 11.9. The monoisotopic (exact) mass is 485 g/mol. The molecule has 9 heteroatoms. The Hall–Kier alpha value is -4.24. The summed E-state index contributed by atoms with van der Waals surface area (Å²) in [5.41, 5.74) is 4.42. The van der Waals surface area contributed by atoms with Crippen LogP contribution in [0.1, 0.15) is 27.2 Å². The van der Waals surface area contributed by atoms with E-state index in [0.717, 1.165) is 22.5 Å². The van der Waals surface area contributed by atoms with E-state index in [-0.39, 0.29) is 16.5 Å². The number of ether oxygens (including phenoxy) is 1. The first-order valence-electron chi connectivity index (χ1n) is 11.9. The highest BCUT2D eigenvalue weighted by atomic mass is 16.6. The van der Waals surface area contributed by atoms with E-state index in [1.54, 1.807) is 24.3 Å². The van der Waals surface area contributed by atoms with Gasteiger partial charge < -0.3 is 14.0 Å². The zero-order valence-electron chi connectivity index (χ0n) is 20.0. The predicted octanol–water partition coefficient (Wildman–Crippen LogP) is 4.09. The van der Waals surface area contributed by atoms with Crippen LogP contribution in [-0.2, 0) is 13.2 Å². The fourth-order valence-electron chi connectivity index (χ4n) is 4.42. The second kappa shape index (κ2) is 10.2. The summed E-state index contributed by atoms with van der Waals surface area (Å²) in [6.07, 6.45) is 3.97. The first-order chi connectivity index (χ1) is 17.4. The summed E-state index contributed by atoms with van der Waals surface area (Å²) in [5, 5.41) is 11.0. The summed E-state index contributed by atoms with van der Waals surface area (Å²) in [6, 6.07) is 17.9. The summed E-state index contributed by atoms with van der Waals surface area (Å²) in [5.74, 6) is 0.594. The van der Waals surface area contributed by atoms with E-state index in [1.807, 2.05) is 58.9 Å². The van der Waals surface area contributed by atoms with Gasteiger partial charge in [-0.25, -0.2) is 4.98 Å². The van der Waals surface area contributed by atoms with Gasteiger partial charge in [-0.1, -0.05) is 24.3 Å². The molecule has 1 aliphatic rings. The van der Waals surface area contributed by atoms with Crippen molar-refractivity contribution in [1.82, 2.24) is 19.2 Å². The molecule has 0 aliphatic carbocycles. The number of carbonyl (C=O) groups is 1. The lowest BCUT2D eigenvalue weighted by molar-refractivity contribution is -0.384. The molecule has 0 radical (unpaired) electrons. The van der Waals surface area contributed by atoms with Crippen LogP contribution in [0.3, 0.4) is 0 Å². The van der Waals surface area contributed by atoms with E-state index in [2.05, 4.69) is 9.88 Å². The minimum Gasteiger partial charge on any atom is -0.487 e. The van der Waals surface area contributed by atoms with Crippen LogP contribution in [0.2, 0.25) is 0 Å². The number of aromatic nitrogens is 2. The number of aryl methyl sites for hydroxylation is 1. The van der Waals surface area contributed by atoms with Crippen LogP contribution in [0.4, 0.5) is 5.69 Å². The van der Waals surface area contributed by atoms with Crippen LogP contribution >= 0.6 is 0 Å². The summed E-state index contributed by atoms with van der Waals surface area (Å²) >= 11 is 0. The molecule has 0 N–H and O–H groups in total. The summed E-state index contributed by atoms with van der Waals surface area (Å²) in [7, 11) is 0. The highest BCUT2D eigenvalue weighted by Crippen LogP contribution is 2.19. The fraction of sp³-hybridized carbons (Fsp3) is 0.259. The zero-order chi connectivity index (χ0) is 25.1. The third kappa shape index (κ3) is 5.36. The van der Waals surface area contributed by atoms with Gasteiger partial charge in [0.15, 0.2) is 0 Å². The molecule has 1 aliphatic heterocycles. The van der Waals surface area contributed by atoms with Gasteiger partial charge in [0.1, 0.15) is 18.0 Å². The topological polar surface area (TPSA) is 93.2 Å². The molecule has 2 aromatic carbocycles. The normalized spacial score (nSPS) is 14.2. The van der Waals surface area contributed by atoms with Gasteiger partial charge in [-0.05, 0) is 42.3 Å². The molecule has 2 aromatic heterocycles. The number of benzene rings is 2. The number of hydrogen-bond acceptors (Lipinski definition) is 6. The van der Waals surface area contributed by atoms with E-state index in [0.29, 0.717) is 50.6 Å². The molecule has 4 aromatic rings. The van der Waals surface area contributed by atoms with Crippen molar-refractivity contribution in [2.24, 2.45) is 0 Å². The van der Waals surface area contributed by atoms with Gasteiger partial charge in [-0.3, -0.25) is 19.8 Å². The molecule has 36 heavy (non-hydrogen) atoms. The maximum atomic E-state index is 13.1. The van der Waals surface area contributed by atoms with Crippen molar-refractivity contribution in [3.8, 4) is 5.75 Å². The molecule has 0 spiro atoms. The van der Waals surface area contributed by atoms with E-state index >= 15 is 0 Å². The van der Waals surface area contributed by atoms with Gasteiger partial charge in [-0.2, -0.15) is 0 Å². The van der Waals surface area contributed by atoms with E-state index in [1.165, 1.54) is 6.07 Å². The lowest BCUT2D eigenvalue weighted by Crippen LogP contribution is -2.48. The van der Waals surface area contributed by atoms with Crippen LogP contribution in [0, 0.1) is 17.0 Å². The lowest BCUT2D eigenvalue weighted by atomic mass is 10.1. The molecule has 1 saturated heterocycles. The molecule has 3 heterocycles. The molecule has 0 bridgehead atoms. The third-order valence-corrected chi connectivity index (χ3v) is 6.30. The number of hydrogen-bond donors (Lipinski definition) is 0. The zero-order valence-corrected chi connectivity index (χ0v) is 20.0. The second-order valence-corrected chi connectivity index (χ2v) is 9.02. The number of non-ortho nitro benzene ring substituents is 1. The van der Waals surface area contributed by atoms with Gasteiger partial charge >= 0.3 is 0 Å². The summed E-state index contributed by atoms with van der Waals surface area (Å²) < 4.78 is 7.92. The Morgan fingerprint density at radius 1 is 1.03 bits per heavy atom.